The van der Waals surface area contributed by atoms with E-state index in [1.54, 1.807) is 0 Å². The number of hydrogen-bond acceptors (Lipinski definition) is 2. The van der Waals surface area contributed by atoms with Crippen LogP contribution < -0.4 is 10.6 Å². The van der Waals surface area contributed by atoms with Crippen molar-refractivity contribution in [3.8, 4) is 0 Å². The quantitative estimate of drug-likeness (QED) is 0.831. The minimum Gasteiger partial charge on any atom is -0.317 e. The first-order valence-corrected chi connectivity index (χ1v) is 7.42. The van der Waals surface area contributed by atoms with Crippen molar-refractivity contribution >= 4 is 0 Å². The van der Waals surface area contributed by atoms with E-state index < -0.39 is 0 Å². The monoisotopic (exact) mass is 244 g/mol. The van der Waals surface area contributed by atoms with Gasteiger partial charge in [0.25, 0.3) is 0 Å². The molecule has 1 aromatic carbocycles. The van der Waals surface area contributed by atoms with E-state index in [1.165, 1.54) is 50.9 Å². The second-order valence-electron chi connectivity index (χ2n) is 5.80. The van der Waals surface area contributed by atoms with Crippen molar-refractivity contribution in [2.45, 2.75) is 37.6 Å². The van der Waals surface area contributed by atoms with Crippen LogP contribution in [-0.2, 0) is 0 Å². The van der Waals surface area contributed by atoms with Gasteiger partial charge in [0.2, 0.25) is 0 Å². The van der Waals surface area contributed by atoms with E-state index >= 15 is 0 Å². The highest BCUT2D eigenvalue weighted by Crippen LogP contribution is 2.40. The van der Waals surface area contributed by atoms with Crippen molar-refractivity contribution < 1.29 is 0 Å². The number of hydrogen-bond donors (Lipinski definition) is 2. The molecule has 1 aliphatic heterocycles. The highest BCUT2D eigenvalue weighted by molar-refractivity contribution is 5.27. The maximum Gasteiger partial charge on any atom is 0.0143 e. The molecule has 0 aromatic heterocycles. The van der Waals surface area contributed by atoms with Crippen molar-refractivity contribution in [3.63, 3.8) is 0 Å². The normalized spacial score (nSPS) is 28.2. The first-order chi connectivity index (χ1) is 8.93. The average molecular weight is 244 g/mol. The molecule has 2 aliphatic rings. The molecule has 0 radical (unpaired) electrons. The van der Waals surface area contributed by atoms with Gasteiger partial charge >= 0.3 is 0 Å². The van der Waals surface area contributed by atoms with E-state index in [4.69, 9.17) is 0 Å². The Kier molecular flexibility index (Phi) is 3.96. The highest BCUT2D eigenvalue weighted by atomic mass is 15.0. The molecule has 1 saturated heterocycles. The minimum absolute atomic E-state index is 0.745. The Morgan fingerprint density at radius 1 is 1.11 bits per heavy atom. The Morgan fingerprint density at radius 3 is 2.67 bits per heavy atom. The van der Waals surface area contributed by atoms with Gasteiger partial charge in [0.15, 0.2) is 0 Å². The molecule has 1 aromatic rings. The molecule has 98 valence electrons. The van der Waals surface area contributed by atoms with Crippen LogP contribution >= 0.6 is 0 Å². The third kappa shape index (κ3) is 3.12. The van der Waals surface area contributed by atoms with Crippen LogP contribution in [0.5, 0.6) is 0 Å². The van der Waals surface area contributed by atoms with E-state index in [9.17, 15) is 0 Å². The van der Waals surface area contributed by atoms with Crippen molar-refractivity contribution in [1.29, 1.82) is 0 Å². The van der Waals surface area contributed by atoms with Gasteiger partial charge in [0.05, 0.1) is 0 Å². The lowest BCUT2D eigenvalue weighted by molar-refractivity contribution is 0.347. The molecule has 0 bridgehead atoms. The average Bonchev–Trinajstić information content (AvgIpc) is 3.21. The largest absolute Gasteiger partial charge is 0.317 e. The zero-order chi connectivity index (χ0) is 12.2. The Hall–Kier alpha value is -0.860. The molecular weight excluding hydrogens is 220 g/mol. The van der Waals surface area contributed by atoms with Crippen molar-refractivity contribution in [2.75, 3.05) is 19.6 Å². The molecule has 0 unspecified atom stereocenters. The summed E-state index contributed by atoms with van der Waals surface area (Å²) in [5.41, 5.74) is 1.51. The van der Waals surface area contributed by atoms with Gasteiger partial charge in [0, 0.05) is 12.0 Å². The molecule has 2 fully saturated rings. The van der Waals surface area contributed by atoms with Gasteiger partial charge in [-0.3, -0.25) is 0 Å². The lowest BCUT2D eigenvalue weighted by atomic mass is 9.95. The first-order valence-electron chi connectivity index (χ1n) is 7.42. The molecule has 1 aliphatic carbocycles. The molecule has 3 rings (SSSR count). The SMILES string of the molecule is c1ccc([C@@H]2C[C@H]2NCCC2CCNCC2)cc1. The summed E-state index contributed by atoms with van der Waals surface area (Å²) in [6, 6.07) is 11.7. The molecule has 2 atom stereocenters. The Bertz CT molecular complexity index is 357. The van der Waals surface area contributed by atoms with E-state index in [1.807, 2.05) is 0 Å². The molecule has 18 heavy (non-hydrogen) atoms. The van der Waals surface area contributed by atoms with Gasteiger partial charge in [-0.2, -0.15) is 0 Å². The number of nitrogens with one attached hydrogen (secondary N) is 2. The molecule has 2 N–H and O–H groups in total. The van der Waals surface area contributed by atoms with Gasteiger partial charge in [-0.15, -0.1) is 0 Å². The van der Waals surface area contributed by atoms with Crippen LogP contribution in [-0.4, -0.2) is 25.7 Å². The summed E-state index contributed by atoms with van der Waals surface area (Å²) in [5.74, 6) is 1.73. The van der Waals surface area contributed by atoms with Gasteiger partial charge < -0.3 is 10.6 Å². The maximum atomic E-state index is 3.73. The summed E-state index contributed by atoms with van der Waals surface area (Å²) in [5, 5.41) is 7.17. The summed E-state index contributed by atoms with van der Waals surface area (Å²) in [6.45, 7) is 3.65. The van der Waals surface area contributed by atoms with Crippen LogP contribution in [0.1, 0.15) is 37.2 Å². The standard InChI is InChI=1S/C16H24N2/c1-2-4-14(5-3-1)15-12-16(15)18-11-8-13-6-9-17-10-7-13/h1-5,13,15-18H,6-12H2/t15-,16+/m0/s1. The van der Waals surface area contributed by atoms with Crippen LogP contribution in [0.25, 0.3) is 0 Å². The second-order valence-corrected chi connectivity index (χ2v) is 5.80. The van der Waals surface area contributed by atoms with Crippen molar-refractivity contribution in [1.82, 2.24) is 10.6 Å². The van der Waals surface area contributed by atoms with E-state index in [0.717, 1.165) is 17.9 Å². The summed E-state index contributed by atoms with van der Waals surface area (Å²) in [4.78, 5) is 0. The number of benzene rings is 1. The fourth-order valence-electron chi connectivity index (χ4n) is 3.13. The fraction of sp³-hybridized carbons (Fsp3) is 0.625. The van der Waals surface area contributed by atoms with Crippen molar-refractivity contribution in [2.24, 2.45) is 5.92 Å². The summed E-state index contributed by atoms with van der Waals surface area (Å²) < 4.78 is 0. The van der Waals surface area contributed by atoms with Gasteiger partial charge in [-0.25, -0.2) is 0 Å². The lowest BCUT2D eigenvalue weighted by Gasteiger charge is -2.22. The van der Waals surface area contributed by atoms with Crippen LogP contribution in [0, 0.1) is 5.92 Å². The Morgan fingerprint density at radius 2 is 1.89 bits per heavy atom. The van der Waals surface area contributed by atoms with Crippen LogP contribution in [0.15, 0.2) is 30.3 Å². The molecule has 1 saturated carbocycles. The van der Waals surface area contributed by atoms with Crippen LogP contribution in [0.2, 0.25) is 0 Å². The van der Waals surface area contributed by atoms with E-state index in [-0.39, 0.29) is 0 Å². The van der Waals surface area contributed by atoms with Gasteiger partial charge in [-0.05, 0) is 56.8 Å². The zero-order valence-corrected chi connectivity index (χ0v) is 11.1. The third-order valence-electron chi connectivity index (χ3n) is 4.44. The van der Waals surface area contributed by atoms with Crippen LogP contribution in [0.4, 0.5) is 0 Å². The molecular formula is C16H24N2. The van der Waals surface area contributed by atoms with Crippen LogP contribution in [0.3, 0.4) is 0 Å². The van der Waals surface area contributed by atoms with E-state index in [0.29, 0.717) is 0 Å². The smallest absolute Gasteiger partial charge is 0.0143 e. The summed E-state index contributed by atoms with van der Waals surface area (Å²) >= 11 is 0. The molecule has 0 spiro atoms. The molecule has 1 heterocycles. The minimum atomic E-state index is 0.745. The fourth-order valence-corrected chi connectivity index (χ4v) is 3.13. The molecule has 2 nitrogen and oxygen atoms in total. The number of piperidine rings is 1. The Balaban J connectivity index is 1.36. The predicted molar refractivity (Wildman–Crippen MR) is 75.8 cm³/mol. The van der Waals surface area contributed by atoms with Gasteiger partial charge in [-0.1, -0.05) is 30.3 Å². The molecule has 2 heteroatoms. The summed E-state index contributed by atoms with van der Waals surface area (Å²) in [6.07, 6.45) is 5.43. The number of rotatable bonds is 5. The lowest BCUT2D eigenvalue weighted by Crippen LogP contribution is -2.30. The highest BCUT2D eigenvalue weighted by Gasteiger charge is 2.37. The van der Waals surface area contributed by atoms with E-state index in [2.05, 4.69) is 41.0 Å². The Labute approximate surface area is 110 Å². The first kappa shape index (κ1) is 12.2. The summed E-state index contributed by atoms with van der Waals surface area (Å²) in [7, 11) is 0. The topological polar surface area (TPSA) is 24.1 Å². The molecule has 0 amide bonds. The maximum absolute atomic E-state index is 3.73. The zero-order valence-electron chi connectivity index (χ0n) is 11.1. The van der Waals surface area contributed by atoms with Gasteiger partial charge in [0.1, 0.15) is 0 Å². The third-order valence-corrected chi connectivity index (χ3v) is 4.44. The second kappa shape index (κ2) is 5.85. The predicted octanol–water partition coefficient (Wildman–Crippen LogP) is 2.52. The van der Waals surface area contributed by atoms with Crippen molar-refractivity contribution in [3.05, 3.63) is 35.9 Å².